The van der Waals surface area contributed by atoms with Crippen LogP contribution in [0.5, 0.6) is 0 Å². The van der Waals surface area contributed by atoms with Crippen molar-refractivity contribution in [2.45, 2.75) is 5.88 Å². The molecule has 2 rings (SSSR count). The molecule has 1 heterocycles. The van der Waals surface area contributed by atoms with Crippen molar-refractivity contribution in [3.8, 4) is 0 Å². The molecular weight excluding hydrogens is 275 g/mol. The van der Waals surface area contributed by atoms with Gasteiger partial charge in [-0.1, -0.05) is 15.9 Å². The summed E-state index contributed by atoms with van der Waals surface area (Å²) in [4.78, 5) is 0. The molecule has 1 aromatic carbocycles. The van der Waals surface area contributed by atoms with Crippen molar-refractivity contribution >= 4 is 49.0 Å². The minimum Gasteiger partial charge on any atom is -0.205 e. The smallest absolute Gasteiger partial charge is 0.141 e. The van der Waals surface area contributed by atoms with Gasteiger partial charge in [-0.25, -0.2) is 4.39 Å². The topological polar surface area (TPSA) is 0 Å². The molecular formula is C9H5BrClFS. The van der Waals surface area contributed by atoms with Crippen molar-refractivity contribution in [1.82, 2.24) is 0 Å². The van der Waals surface area contributed by atoms with E-state index in [1.807, 2.05) is 6.07 Å². The first-order valence-electron chi connectivity index (χ1n) is 3.63. The molecule has 2 aromatic rings. The van der Waals surface area contributed by atoms with E-state index in [0.717, 1.165) is 14.7 Å². The largest absolute Gasteiger partial charge is 0.205 e. The molecule has 4 heteroatoms. The zero-order chi connectivity index (χ0) is 9.42. The lowest BCUT2D eigenvalue weighted by Crippen LogP contribution is -1.79. The van der Waals surface area contributed by atoms with Gasteiger partial charge in [-0.15, -0.1) is 22.9 Å². The monoisotopic (exact) mass is 278 g/mol. The number of halogens is 3. The van der Waals surface area contributed by atoms with Gasteiger partial charge in [0.05, 0.1) is 0 Å². The molecule has 68 valence electrons. The Labute approximate surface area is 92.5 Å². The van der Waals surface area contributed by atoms with E-state index in [-0.39, 0.29) is 5.82 Å². The molecule has 0 amide bonds. The number of thiophene rings is 1. The van der Waals surface area contributed by atoms with Crippen molar-refractivity contribution in [1.29, 1.82) is 0 Å². The number of alkyl halides is 1. The van der Waals surface area contributed by atoms with E-state index in [9.17, 15) is 4.39 Å². The zero-order valence-electron chi connectivity index (χ0n) is 6.48. The Morgan fingerprint density at radius 3 is 2.92 bits per heavy atom. The first-order valence-corrected chi connectivity index (χ1v) is 5.84. The number of rotatable bonds is 1. The highest BCUT2D eigenvalue weighted by Crippen LogP contribution is 2.32. The Hall–Kier alpha value is -0.120. The van der Waals surface area contributed by atoms with E-state index < -0.39 is 0 Å². The highest BCUT2D eigenvalue weighted by molar-refractivity contribution is 9.10. The van der Waals surface area contributed by atoms with Crippen LogP contribution in [0, 0.1) is 5.82 Å². The first-order chi connectivity index (χ1) is 6.22. The average molecular weight is 280 g/mol. The second kappa shape index (κ2) is 3.56. The van der Waals surface area contributed by atoms with Crippen molar-refractivity contribution in [3.63, 3.8) is 0 Å². The lowest BCUT2D eigenvalue weighted by molar-refractivity contribution is 0.644. The number of benzene rings is 1. The molecule has 1 aromatic heterocycles. The van der Waals surface area contributed by atoms with Crippen LogP contribution in [0.4, 0.5) is 4.39 Å². The molecule has 0 aliphatic carbocycles. The third-order valence-electron chi connectivity index (χ3n) is 1.81. The maximum Gasteiger partial charge on any atom is 0.141 e. The Morgan fingerprint density at radius 2 is 2.23 bits per heavy atom. The van der Waals surface area contributed by atoms with Crippen molar-refractivity contribution < 1.29 is 4.39 Å². The minimum absolute atomic E-state index is 0.173. The summed E-state index contributed by atoms with van der Waals surface area (Å²) >= 11 is 10.5. The highest BCUT2D eigenvalue weighted by atomic mass is 79.9. The summed E-state index contributed by atoms with van der Waals surface area (Å²) in [7, 11) is 0. The van der Waals surface area contributed by atoms with Crippen LogP contribution >= 0.6 is 38.9 Å². The Kier molecular flexibility index (Phi) is 2.58. The van der Waals surface area contributed by atoms with E-state index in [4.69, 9.17) is 11.6 Å². The summed E-state index contributed by atoms with van der Waals surface area (Å²) in [6.07, 6.45) is 0. The molecule has 0 saturated carbocycles. The molecule has 0 N–H and O–H groups in total. The van der Waals surface area contributed by atoms with Gasteiger partial charge in [0, 0.05) is 25.8 Å². The third kappa shape index (κ3) is 1.60. The molecule has 13 heavy (non-hydrogen) atoms. The van der Waals surface area contributed by atoms with Crippen LogP contribution < -0.4 is 0 Å². The molecule has 0 unspecified atom stereocenters. The molecule has 0 radical (unpaired) electrons. The van der Waals surface area contributed by atoms with Crippen LogP contribution in [0.25, 0.3) is 10.1 Å². The normalized spacial score (nSPS) is 11.0. The van der Waals surface area contributed by atoms with Crippen LogP contribution in [-0.4, -0.2) is 0 Å². The summed E-state index contributed by atoms with van der Waals surface area (Å²) < 4.78 is 15.0. The standard InChI is InChI=1S/C9H5BrClFS/c10-6-1-5(3-11)9-7(2-6)8(12)4-13-9/h1-2,4H,3H2. The molecule has 0 fully saturated rings. The van der Waals surface area contributed by atoms with Gasteiger partial charge >= 0.3 is 0 Å². The Balaban J connectivity index is 2.84. The van der Waals surface area contributed by atoms with Crippen LogP contribution in [0.3, 0.4) is 0 Å². The fourth-order valence-corrected chi connectivity index (χ4v) is 2.95. The number of hydrogen-bond acceptors (Lipinski definition) is 1. The van der Waals surface area contributed by atoms with Crippen LogP contribution in [0.15, 0.2) is 22.0 Å². The predicted octanol–water partition coefficient (Wildman–Crippen LogP) is 4.54. The van der Waals surface area contributed by atoms with E-state index in [0.29, 0.717) is 11.3 Å². The van der Waals surface area contributed by atoms with Gasteiger partial charge in [0.15, 0.2) is 0 Å². The summed E-state index contributed by atoms with van der Waals surface area (Å²) in [5.41, 5.74) is 0.972. The zero-order valence-corrected chi connectivity index (χ0v) is 9.64. The SMILES string of the molecule is Fc1csc2c(CCl)cc(Br)cc12. The van der Waals surface area contributed by atoms with Gasteiger partial charge in [-0.3, -0.25) is 0 Å². The summed E-state index contributed by atoms with van der Waals surface area (Å²) in [5.74, 6) is 0.239. The molecule has 0 aliphatic heterocycles. The number of hydrogen-bond donors (Lipinski definition) is 0. The number of fused-ring (bicyclic) bond motifs is 1. The average Bonchev–Trinajstić information content (AvgIpc) is 2.47. The predicted molar refractivity (Wildman–Crippen MR) is 59.0 cm³/mol. The van der Waals surface area contributed by atoms with Crippen LogP contribution in [0.1, 0.15) is 5.56 Å². The highest BCUT2D eigenvalue weighted by Gasteiger charge is 2.08. The second-order valence-electron chi connectivity index (χ2n) is 2.66. The maximum atomic E-state index is 13.2. The summed E-state index contributed by atoms with van der Waals surface area (Å²) in [6, 6.07) is 3.70. The van der Waals surface area contributed by atoms with E-state index in [1.54, 1.807) is 6.07 Å². The van der Waals surface area contributed by atoms with Crippen molar-refractivity contribution in [2.75, 3.05) is 0 Å². The van der Waals surface area contributed by atoms with Gasteiger partial charge in [0.1, 0.15) is 5.82 Å². The van der Waals surface area contributed by atoms with E-state index in [1.165, 1.54) is 16.7 Å². The summed E-state index contributed by atoms with van der Waals surface area (Å²) in [5, 5.41) is 2.16. The van der Waals surface area contributed by atoms with Crippen LogP contribution in [0.2, 0.25) is 0 Å². The lowest BCUT2D eigenvalue weighted by atomic mass is 10.2. The van der Waals surface area contributed by atoms with Crippen LogP contribution in [-0.2, 0) is 5.88 Å². The van der Waals surface area contributed by atoms with Gasteiger partial charge in [-0.2, -0.15) is 0 Å². The van der Waals surface area contributed by atoms with Crippen molar-refractivity contribution in [2.24, 2.45) is 0 Å². The lowest BCUT2D eigenvalue weighted by Gasteiger charge is -1.99. The molecule has 0 aliphatic rings. The van der Waals surface area contributed by atoms with Gasteiger partial charge < -0.3 is 0 Å². The quantitative estimate of drug-likeness (QED) is 0.672. The molecule has 0 atom stereocenters. The van der Waals surface area contributed by atoms with Gasteiger partial charge in [0.25, 0.3) is 0 Å². The fraction of sp³-hybridized carbons (Fsp3) is 0.111. The van der Waals surface area contributed by atoms with E-state index >= 15 is 0 Å². The summed E-state index contributed by atoms with van der Waals surface area (Å²) in [6.45, 7) is 0. The molecule has 0 bridgehead atoms. The molecule has 0 nitrogen and oxygen atoms in total. The van der Waals surface area contributed by atoms with Gasteiger partial charge in [-0.05, 0) is 17.7 Å². The first kappa shape index (κ1) is 9.44. The van der Waals surface area contributed by atoms with Gasteiger partial charge in [0.2, 0.25) is 0 Å². The molecule has 0 spiro atoms. The maximum absolute atomic E-state index is 13.2. The molecule has 0 saturated heterocycles. The second-order valence-corrected chi connectivity index (χ2v) is 4.72. The van der Waals surface area contributed by atoms with E-state index in [2.05, 4.69) is 15.9 Å². The Morgan fingerprint density at radius 1 is 1.46 bits per heavy atom. The third-order valence-corrected chi connectivity index (χ3v) is 3.60. The Bertz CT molecular complexity index is 452. The fourth-order valence-electron chi connectivity index (χ4n) is 1.24. The minimum atomic E-state index is -0.173. The van der Waals surface area contributed by atoms with Crippen molar-refractivity contribution in [3.05, 3.63) is 33.4 Å².